The Morgan fingerprint density at radius 3 is 2.45 bits per heavy atom. The van der Waals surface area contributed by atoms with E-state index in [1.54, 1.807) is 0 Å². The van der Waals surface area contributed by atoms with E-state index >= 15 is 0 Å². The molecule has 4 heteroatoms. The molecule has 0 saturated carbocycles. The molecule has 1 N–H and O–H groups in total. The zero-order valence-corrected chi connectivity index (χ0v) is 6.95. The SMILES string of the molecule is Oc1ccc(CF)c(Cl)c1Cl. The van der Waals surface area contributed by atoms with Crippen LogP contribution >= 0.6 is 23.2 Å². The molecule has 0 spiro atoms. The number of phenolic OH excluding ortho intramolecular Hbond substituents is 1. The lowest BCUT2D eigenvalue weighted by Gasteiger charge is -2.02. The first-order valence-corrected chi connectivity index (χ1v) is 3.64. The number of alkyl halides is 1. The molecule has 0 heterocycles. The molecule has 0 aliphatic heterocycles. The highest BCUT2D eigenvalue weighted by Gasteiger charge is 2.07. The van der Waals surface area contributed by atoms with Gasteiger partial charge >= 0.3 is 0 Å². The Morgan fingerprint density at radius 1 is 1.27 bits per heavy atom. The van der Waals surface area contributed by atoms with Crippen LogP contribution in [0.25, 0.3) is 0 Å². The van der Waals surface area contributed by atoms with Crippen LogP contribution in [0.1, 0.15) is 5.56 Å². The predicted molar refractivity (Wildman–Crippen MR) is 42.9 cm³/mol. The van der Waals surface area contributed by atoms with Crippen LogP contribution in [0.2, 0.25) is 10.0 Å². The van der Waals surface area contributed by atoms with Gasteiger partial charge < -0.3 is 5.11 Å². The Kier molecular flexibility index (Phi) is 2.58. The average Bonchev–Trinajstić information content (AvgIpc) is 2.01. The average molecular weight is 195 g/mol. The first kappa shape index (κ1) is 8.62. The molecule has 1 aromatic carbocycles. The van der Waals surface area contributed by atoms with Gasteiger partial charge in [-0.1, -0.05) is 29.3 Å². The Balaban J connectivity index is 3.25. The molecule has 0 unspecified atom stereocenters. The second kappa shape index (κ2) is 3.28. The Morgan fingerprint density at radius 2 is 1.91 bits per heavy atom. The second-order valence-electron chi connectivity index (χ2n) is 2.01. The van der Waals surface area contributed by atoms with Crippen molar-refractivity contribution in [1.82, 2.24) is 0 Å². The van der Waals surface area contributed by atoms with Crippen molar-refractivity contribution >= 4 is 23.2 Å². The summed E-state index contributed by atoms with van der Waals surface area (Å²) in [6, 6.07) is 2.70. The number of halogens is 3. The van der Waals surface area contributed by atoms with Gasteiger partial charge in [-0.25, -0.2) is 4.39 Å². The smallest absolute Gasteiger partial charge is 0.135 e. The molecule has 0 amide bonds. The van der Waals surface area contributed by atoms with E-state index in [0.717, 1.165) is 0 Å². The minimum absolute atomic E-state index is 0.00168. The molecule has 11 heavy (non-hydrogen) atoms. The van der Waals surface area contributed by atoms with E-state index in [9.17, 15) is 4.39 Å². The van der Waals surface area contributed by atoms with Crippen molar-refractivity contribution in [3.05, 3.63) is 27.7 Å². The fourth-order valence-corrected chi connectivity index (χ4v) is 1.08. The van der Waals surface area contributed by atoms with Crippen LogP contribution in [0.4, 0.5) is 4.39 Å². The number of phenols is 1. The van der Waals surface area contributed by atoms with E-state index in [1.165, 1.54) is 12.1 Å². The largest absolute Gasteiger partial charge is 0.506 e. The van der Waals surface area contributed by atoms with Crippen molar-refractivity contribution in [2.45, 2.75) is 6.67 Å². The van der Waals surface area contributed by atoms with Gasteiger partial charge in [0.1, 0.15) is 17.4 Å². The standard InChI is InChI=1S/C7H5Cl2FO/c8-6-4(3-10)1-2-5(11)7(6)9/h1-2,11H,3H2. The van der Waals surface area contributed by atoms with Gasteiger partial charge in [-0.15, -0.1) is 0 Å². The summed E-state index contributed by atoms with van der Waals surface area (Å²) in [5, 5.41) is 9.06. The summed E-state index contributed by atoms with van der Waals surface area (Å²) < 4.78 is 12.1. The quantitative estimate of drug-likeness (QED) is 0.729. The molecule has 0 atom stereocenters. The molecule has 60 valence electrons. The van der Waals surface area contributed by atoms with Gasteiger partial charge in [-0.2, -0.15) is 0 Å². The predicted octanol–water partition coefficient (Wildman–Crippen LogP) is 3.17. The van der Waals surface area contributed by atoms with Crippen LogP contribution < -0.4 is 0 Å². The van der Waals surface area contributed by atoms with Crippen molar-refractivity contribution in [2.75, 3.05) is 0 Å². The molecule has 0 fully saturated rings. The van der Waals surface area contributed by atoms with E-state index in [2.05, 4.69) is 0 Å². The lowest BCUT2D eigenvalue weighted by molar-refractivity contribution is 0.470. The molecular weight excluding hydrogens is 190 g/mol. The lowest BCUT2D eigenvalue weighted by atomic mass is 10.2. The third-order valence-electron chi connectivity index (χ3n) is 1.29. The number of hydrogen-bond acceptors (Lipinski definition) is 1. The third-order valence-corrected chi connectivity index (χ3v) is 2.20. The van der Waals surface area contributed by atoms with E-state index in [1.807, 2.05) is 0 Å². The van der Waals surface area contributed by atoms with Crippen LogP contribution in [0.15, 0.2) is 12.1 Å². The fourth-order valence-electron chi connectivity index (χ4n) is 0.682. The highest BCUT2D eigenvalue weighted by atomic mass is 35.5. The van der Waals surface area contributed by atoms with Crippen LogP contribution in [0.5, 0.6) is 5.75 Å². The van der Waals surface area contributed by atoms with Crippen LogP contribution in [0.3, 0.4) is 0 Å². The van der Waals surface area contributed by atoms with E-state index < -0.39 is 6.67 Å². The van der Waals surface area contributed by atoms with Crippen LogP contribution in [-0.2, 0) is 6.67 Å². The first-order chi connectivity index (χ1) is 5.16. The van der Waals surface area contributed by atoms with Crippen molar-refractivity contribution in [3.8, 4) is 5.75 Å². The van der Waals surface area contributed by atoms with Gasteiger partial charge in [0.15, 0.2) is 0 Å². The Hall–Kier alpha value is -0.470. The monoisotopic (exact) mass is 194 g/mol. The van der Waals surface area contributed by atoms with Crippen molar-refractivity contribution in [2.24, 2.45) is 0 Å². The molecule has 1 nitrogen and oxygen atoms in total. The summed E-state index contributed by atoms with van der Waals surface area (Å²) in [5.41, 5.74) is 0.287. The van der Waals surface area contributed by atoms with E-state index in [0.29, 0.717) is 0 Å². The van der Waals surface area contributed by atoms with E-state index in [-0.39, 0.29) is 21.4 Å². The van der Waals surface area contributed by atoms with Gasteiger partial charge in [0.2, 0.25) is 0 Å². The minimum atomic E-state index is -0.682. The summed E-state index contributed by atoms with van der Waals surface area (Å²) >= 11 is 11.1. The zero-order valence-electron chi connectivity index (χ0n) is 5.44. The lowest BCUT2D eigenvalue weighted by Crippen LogP contribution is -1.81. The van der Waals surface area contributed by atoms with Gasteiger partial charge in [-0.05, 0) is 6.07 Å². The molecule has 0 saturated heterocycles. The summed E-state index contributed by atoms with van der Waals surface area (Å²) in [7, 11) is 0. The topological polar surface area (TPSA) is 20.2 Å². The maximum Gasteiger partial charge on any atom is 0.135 e. The van der Waals surface area contributed by atoms with Gasteiger partial charge in [-0.3, -0.25) is 0 Å². The molecule has 1 rings (SSSR count). The number of hydrogen-bond donors (Lipinski definition) is 1. The minimum Gasteiger partial charge on any atom is -0.506 e. The fraction of sp³-hybridized carbons (Fsp3) is 0.143. The first-order valence-electron chi connectivity index (χ1n) is 2.88. The molecule has 0 radical (unpaired) electrons. The van der Waals surface area contributed by atoms with Gasteiger partial charge in [0, 0.05) is 5.56 Å². The van der Waals surface area contributed by atoms with Gasteiger partial charge in [0.25, 0.3) is 0 Å². The number of rotatable bonds is 1. The van der Waals surface area contributed by atoms with Crippen molar-refractivity contribution in [3.63, 3.8) is 0 Å². The number of benzene rings is 1. The van der Waals surface area contributed by atoms with Crippen molar-refractivity contribution in [1.29, 1.82) is 0 Å². The molecule has 1 aromatic rings. The van der Waals surface area contributed by atoms with E-state index in [4.69, 9.17) is 28.3 Å². The number of aromatic hydroxyl groups is 1. The summed E-state index contributed by atoms with van der Waals surface area (Å²) in [6.07, 6.45) is 0. The molecule has 0 aliphatic rings. The molecule has 0 aromatic heterocycles. The third kappa shape index (κ3) is 1.57. The zero-order chi connectivity index (χ0) is 8.43. The van der Waals surface area contributed by atoms with Crippen LogP contribution in [-0.4, -0.2) is 5.11 Å². The summed E-state index contributed by atoms with van der Waals surface area (Å²) in [6.45, 7) is -0.682. The maximum atomic E-state index is 12.1. The van der Waals surface area contributed by atoms with Crippen molar-refractivity contribution < 1.29 is 9.50 Å². The summed E-state index contributed by atoms with van der Waals surface area (Å²) in [4.78, 5) is 0. The highest BCUT2D eigenvalue weighted by Crippen LogP contribution is 2.33. The Labute approximate surface area is 73.4 Å². The summed E-state index contributed by atoms with van der Waals surface area (Å²) in [5.74, 6) is -0.131. The highest BCUT2D eigenvalue weighted by molar-refractivity contribution is 6.43. The molecular formula is C7H5Cl2FO. The normalized spacial score (nSPS) is 10.1. The van der Waals surface area contributed by atoms with Gasteiger partial charge in [0.05, 0.1) is 5.02 Å². The maximum absolute atomic E-state index is 12.1. The second-order valence-corrected chi connectivity index (χ2v) is 2.76. The Bertz CT molecular complexity index is 275. The van der Waals surface area contributed by atoms with Crippen LogP contribution in [0, 0.1) is 0 Å². The molecule has 0 bridgehead atoms. The molecule has 0 aliphatic carbocycles.